The number of hydrogen-bond acceptors (Lipinski definition) is 5. The molecule has 0 aliphatic carbocycles. The highest BCUT2D eigenvalue weighted by atomic mass is 16.5. The second-order valence-corrected chi connectivity index (χ2v) is 8.38. The number of anilines is 2. The van der Waals surface area contributed by atoms with E-state index in [4.69, 9.17) is 4.74 Å². The molecule has 9 nitrogen and oxygen atoms in total. The second-order valence-electron chi connectivity index (χ2n) is 8.38. The molecule has 2 amide bonds. The van der Waals surface area contributed by atoms with E-state index in [0.29, 0.717) is 30.3 Å². The van der Waals surface area contributed by atoms with Crippen LogP contribution >= 0.6 is 0 Å². The van der Waals surface area contributed by atoms with Gasteiger partial charge in [-0.1, -0.05) is 18.2 Å². The number of fused-ring (bicyclic) bond motifs is 1. The van der Waals surface area contributed by atoms with Gasteiger partial charge in [-0.25, -0.2) is 19.5 Å². The summed E-state index contributed by atoms with van der Waals surface area (Å²) in [7, 11) is 2.06. The zero-order chi connectivity index (χ0) is 24.4. The molecule has 0 spiro atoms. The number of benzene rings is 2. The van der Waals surface area contributed by atoms with Crippen LogP contribution in [0.5, 0.6) is 11.5 Å². The number of rotatable bonds is 4. The molecule has 1 N–H and O–H groups in total. The van der Waals surface area contributed by atoms with Crippen LogP contribution in [0, 0.1) is 0 Å². The average Bonchev–Trinajstić information content (AvgIpc) is 3.28. The maximum Gasteiger partial charge on any atom is 0.417 e. The molecule has 35 heavy (non-hydrogen) atoms. The zero-order valence-corrected chi connectivity index (χ0v) is 19.2. The van der Waals surface area contributed by atoms with Crippen molar-refractivity contribution in [3.8, 4) is 11.5 Å². The summed E-state index contributed by atoms with van der Waals surface area (Å²) in [6.07, 6.45) is 2.14. The van der Waals surface area contributed by atoms with Crippen molar-refractivity contribution >= 4 is 34.5 Å². The van der Waals surface area contributed by atoms with Crippen molar-refractivity contribution in [3.05, 3.63) is 79.1 Å². The van der Waals surface area contributed by atoms with Gasteiger partial charge in [-0.15, -0.1) is 0 Å². The van der Waals surface area contributed by atoms with Crippen LogP contribution < -0.4 is 9.64 Å². The fourth-order valence-electron chi connectivity index (χ4n) is 4.14. The van der Waals surface area contributed by atoms with Crippen molar-refractivity contribution in [3.63, 3.8) is 0 Å². The van der Waals surface area contributed by atoms with Crippen molar-refractivity contribution < 1.29 is 19.4 Å². The Hall–Kier alpha value is -4.37. The lowest BCUT2D eigenvalue weighted by molar-refractivity contribution is 0.156. The largest absolute Gasteiger partial charge is 0.464 e. The SMILES string of the molecule is CN1CCN(C(=O)n2ccc3cc(Oc4ccnc(N(C(=O)O)c5ccccc5)c4)ccc32)CC1. The summed E-state index contributed by atoms with van der Waals surface area (Å²) in [4.78, 5) is 34.3. The van der Waals surface area contributed by atoms with Crippen LogP contribution in [-0.4, -0.2) is 69.8 Å². The molecule has 1 aliphatic heterocycles. The van der Waals surface area contributed by atoms with Gasteiger partial charge in [0.2, 0.25) is 0 Å². The first-order valence-corrected chi connectivity index (χ1v) is 11.3. The van der Waals surface area contributed by atoms with Gasteiger partial charge in [0.15, 0.2) is 0 Å². The van der Waals surface area contributed by atoms with Gasteiger partial charge in [-0.3, -0.25) is 4.57 Å². The molecule has 3 heterocycles. The number of ether oxygens (including phenoxy) is 1. The van der Waals surface area contributed by atoms with Crippen molar-refractivity contribution in [2.75, 3.05) is 38.1 Å². The molecule has 2 aromatic carbocycles. The van der Waals surface area contributed by atoms with Gasteiger partial charge in [0.25, 0.3) is 0 Å². The number of aromatic nitrogens is 2. The Morgan fingerprint density at radius 2 is 1.69 bits per heavy atom. The van der Waals surface area contributed by atoms with Gasteiger partial charge in [-0.05, 0) is 49.5 Å². The topological polar surface area (TPSA) is 91.1 Å². The van der Waals surface area contributed by atoms with E-state index in [1.165, 1.54) is 6.20 Å². The molecular formula is C26H25N5O4. The predicted molar refractivity (Wildman–Crippen MR) is 133 cm³/mol. The van der Waals surface area contributed by atoms with E-state index in [9.17, 15) is 14.7 Å². The van der Waals surface area contributed by atoms with Crippen molar-refractivity contribution in [1.29, 1.82) is 0 Å². The highest BCUT2D eigenvalue weighted by molar-refractivity contribution is 5.94. The van der Waals surface area contributed by atoms with Crippen LogP contribution in [0.15, 0.2) is 79.1 Å². The Balaban J connectivity index is 1.37. The highest BCUT2D eigenvalue weighted by Gasteiger charge is 2.22. The number of nitrogens with zero attached hydrogens (tertiary/aromatic N) is 5. The number of pyridine rings is 1. The Kier molecular flexibility index (Phi) is 6.07. The summed E-state index contributed by atoms with van der Waals surface area (Å²) < 4.78 is 7.69. The molecule has 1 aliphatic rings. The summed E-state index contributed by atoms with van der Waals surface area (Å²) in [6.45, 7) is 3.13. The number of carbonyl (C=O) groups is 2. The molecule has 178 valence electrons. The van der Waals surface area contributed by atoms with E-state index in [2.05, 4.69) is 16.9 Å². The third kappa shape index (κ3) is 4.67. The van der Waals surface area contributed by atoms with Crippen molar-refractivity contribution in [2.45, 2.75) is 0 Å². The van der Waals surface area contributed by atoms with E-state index < -0.39 is 6.09 Å². The molecule has 0 saturated carbocycles. The van der Waals surface area contributed by atoms with Gasteiger partial charge >= 0.3 is 12.1 Å². The molecule has 5 rings (SSSR count). The number of carboxylic acid groups (broad SMARTS) is 1. The summed E-state index contributed by atoms with van der Waals surface area (Å²) in [6, 6.07) is 19.4. The zero-order valence-electron chi connectivity index (χ0n) is 19.2. The number of carbonyl (C=O) groups excluding carboxylic acids is 1. The molecule has 1 fully saturated rings. The van der Waals surface area contributed by atoms with Gasteiger partial charge in [0, 0.05) is 50.0 Å². The lowest BCUT2D eigenvalue weighted by Gasteiger charge is -2.32. The summed E-state index contributed by atoms with van der Waals surface area (Å²) in [5.74, 6) is 1.25. The Morgan fingerprint density at radius 1 is 0.943 bits per heavy atom. The summed E-state index contributed by atoms with van der Waals surface area (Å²) in [5.41, 5.74) is 1.29. The fraction of sp³-hybridized carbons (Fsp3) is 0.192. The minimum Gasteiger partial charge on any atom is -0.464 e. The van der Waals surface area contributed by atoms with E-state index in [1.54, 1.807) is 53.2 Å². The minimum atomic E-state index is -1.14. The number of piperazine rings is 1. The smallest absolute Gasteiger partial charge is 0.417 e. The normalized spacial score (nSPS) is 14.1. The first kappa shape index (κ1) is 22.4. The van der Waals surface area contributed by atoms with Crippen LogP contribution in [0.25, 0.3) is 10.9 Å². The molecule has 4 aromatic rings. The van der Waals surface area contributed by atoms with Crippen LogP contribution in [0.2, 0.25) is 0 Å². The van der Waals surface area contributed by atoms with E-state index in [1.807, 2.05) is 29.2 Å². The van der Waals surface area contributed by atoms with Crippen LogP contribution in [0.1, 0.15) is 0 Å². The summed E-state index contributed by atoms with van der Waals surface area (Å²) >= 11 is 0. The molecular weight excluding hydrogens is 446 g/mol. The van der Waals surface area contributed by atoms with Crippen LogP contribution in [0.4, 0.5) is 21.1 Å². The monoisotopic (exact) mass is 471 g/mol. The molecule has 0 bridgehead atoms. The Morgan fingerprint density at radius 3 is 2.43 bits per heavy atom. The summed E-state index contributed by atoms with van der Waals surface area (Å²) in [5, 5.41) is 10.6. The number of amides is 2. The van der Waals surface area contributed by atoms with Gasteiger partial charge in [-0.2, -0.15) is 0 Å². The standard InChI is InChI=1S/C26H25N5O4/c1-28-13-15-29(16-14-28)25(32)30-12-10-19-17-21(7-8-23(19)30)35-22-9-11-27-24(18-22)31(26(33)34)20-5-3-2-4-6-20/h2-12,17-18H,13-16H2,1H3,(H,33,34). The van der Waals surface area contributed by atoms with Gasteiger partial charge < -0.3 is 19.6 Å². The fourth-order valence-corrected chi connectivity index (χ4v) is 4.14. The van der Waals surface area contributed by atoms with Crippen molar-refractivity contribution in [1.82, 2.24) is 19.4 Å². The highest BCUT2D eigenvalue weighted by Crippen LogP contribution is 2.30. The molecule has 0 unspecified atom stereocenters. The average molecular weight is 472 g/mol. The van der Waals surface area contributed by atoms with Gasteiger partial charge in [0.1, 0.15) is 17.3 Å². The maximum absolute atomic E-state index is 13.0. The second kappa shape index (κ2) is 9.47. The lowest BCUT2D eigenvalue weighted by Crippen LogP contribution is -2.48. The molecule has 2 aromatic heterocycles. The van der Waals surface area contributed by atoms with E-state index in [-0.39, 0.29) is 11.8 Å². The minimum absolute atomic E-state index is 0.0322. The van der Waals surface area contributed by atoms with E-state index in [0.717, 1.165) is 28.9 Å². The molecule has 0 radical (unpaired) electrons. The Bertz CT molecular complexity index is 1360. The van der Waals surface area contributed by atoms with Crippen LogP contribution in [0.3, 0.4) is 0 Å². The Labute approximate surface area is 202 Å². The first-order chi connectivity index (χ1) is 17.0. The predicted octanol–water partition coefficient (Wildman–Crippen LogP) is 4.86. The molecule has 1 saturated heterocycles. The number of hydrogen-bond donors (Lipinski definition) is 1. The van der Waals surface area contributed by atoms with E-state index >= 15 is 0 Å². The maximum atomic E-state index is 13.0. The number of likely N-dealkylation sites (N-methyl/N-ethyl adjacent to an activating group) is 1. The molecule has 9 heteroatoms. The first-order valence-electron chi connectivity index (χ1n) is 11.3. The van der Waals surface area contributed by atoms with Crippen molar-refractivity contribution in [2.24, 2.45) is 0 Å². The quantitative estimate of drug-likeness (QED) is 0.457. The van der Waals surface area contributed by atoms with Crippen LogP contribution in [-0.2, 0) is 0 Å². The lowest BCUT2D eigenvalue weighted by atomic mass is 10.2. The molecule has 0 atom stereocenters. The number of para-hydroxylation sites is 1. The van der Waals surface area contributed by atoms with Gasteiger partial charge in [0.05, 0.1) is 11.2 Å². The third-order valence-corrected chi connectivity index (χ3v) is 6.03. The third-order valence-electron chi connectivity index (χ3n) is 6.03.